The van der Waals surface area contributed by atoms with Gasteiger partial charge in [-0.1, -0.05) is 17.7 Å². The number of halogens is 2. The largest absolute Gasteiger partial charge is 0.316 e. The maximum Gasteiger partial charge on any atom is 0.123 e. The van der Waals surface area contributed by atoms with E-state index in [9.17, 15) is 4.39 Å². The third kappa shape index (κ3) is 5.03. The number of benzene rings is 2. The molecule has 0 heterocycles. The molecule has 0 fully saturated rings. The Hall–Kier alpha value is -1.03. The van der Waals surface area contributed by atoms with Crippen LogP contribution in [0.5, 0.6) is 0 Å². The highest BCUT2D eigenvalue weighted by Crippen LogP contribution is 2.22. The molecule has 0 amide bonds. The van der Waals surface area contributed by atoms with E-state index in [4.69, 9.17) is 11.6 Å². The second-order valence-corrected chi connectivity index (χ2v) is 6.56. The molecule has 1 N–H and O–H groups in total. The maximum absolute atomic E-state index is 13.4. The van der Waals surface area contributed by atoms with Gasteiger partial charge in [0.2, 0.25) is 0 Å². The summed E-state index contributed by atoms with van der Waals surface area (Å²) in [6, 6.07) is 13.1. The molecule has 0 spiro atoms. The molecule has 0 bridgehead atoms. The summed E-state index contributed by atoms with van der Waals surface area (Å²) in [5.41, 5.74) is 2.19. The fraction of sp³-hybridized carbons (Fsp3) is 0.294. The van der Waals surface area contributed by atoms with Crippen LogP contribution < -0.4 is 5.32 Å². The average molecular weight is 324 g/mol. The molecular formula is C17H19ClFNS. The van der Waals surface area contributed by atoms with Gasteiger partial charge < -0.3 is 5.32 Å². The van der Waals surface area contributed by atoms with Crippen LogP contribution in [0.3, 0.4) is 0 Å². The zero-order chi connectivity index (χ0) is 15.2. The molecular weight excluding hydrogens is 305 g/mol. The number of rotatable bonds is 6. The van der Waals surface area contributed by atoms with Crippen LogP contribution in [0.15, 0.2) is 47.4 Å². The first-order valence-corrected chi connectivity index (χ1v) is 8.25. The molecule has 0 saturated heterocycles. The van der Waals surface area contributed by atoms with E-state index in [1.165, 1.54) is 11.0 Å². The van der Waals surface area contributed by atoms with Gasteiger partial charge in [-0.05, 0) is 67.9 Å². The number of thioether (sulfide) groups is 1. The number of hydrogen-bond donors (Lipinski definition) is 1. The maximum atomic E-state index is 13.4. The van der Waals surface area contributed by atoms with Gasteiger partial charge in [-0.25, -0.2) is 4.39 Å². The van der Waals surface area contributed by atoms with E-state index in [2.05, 4.69) is 5.32 Å². The van der Waals surface area contributed by atoms with Crippen molar-refractivity contribution >= 4 is 23.4 Å². The lowest BCUT2D eigenvalue weighted by Gasteiger charge is -2.17. The molecule has 4 heteroatoms. The highest BCUT2D eigenvalue weighted by Gasteiger charge is 2.10. The third-order valence-corrected chi connectivity index (χ3v) is 4.88. The predicted octanol–water partition coefficient (Wildman–Crippen LogP) is 4.71. The Morgan fingerprint density at radius 1 is 1.19 bits per heavy atom. The molecule has 1 atom stereocenters. The monoisotopic (exact) mass is 323 g/mol. The minimum Gasteiger partial charge on any atom is -0.316 e. The van der Waals surface area contributed by atoms with E-state index in [0.29, 0.717) is 6.04 Å². The molecule has 2 aromatic carbocycles. The van der Waals surface area contributed by atoms with E-state index in [-0.39, 0.29) is 5.82 Å². The van der Waals surface area contributed by atoms with Crippen LogP contribution in [-0.2, 0) is 6.42 Å². The first kappa shape index (κ1) is 16.3. The summed E-state index contributed by atoms with van der Waals surface area (Å²) < 4.78 is 13.4. The molecule has 1 unspecified atom stereocenters. The molecule has 1 nitrogen and oxygen atoms in total. The van der Waals surface area contributed by atoms with Gasteiger partial charge in [0.25, 0.3) is 0 Å². The van der Waals surface area contributed by atoms with E-state index in [1.807, 2.05) is 44.3 Å². The SMILES string of the molecule is CNC(CSc1ccc(Cl)cc1)Cc1cc(F)ccc1C. The molecule has 0 aliphatic heterocycles. The highest BCUT2D eigenvalue weighted by atomic mass is 35.5. The van der Waals surface area contributed by atoms with Crippen LogP contribution in [-0.4, -0.2) is 18.8 Å². The number of nitrogens with one attached hydrogen (secondary N) is 1. The van der Waals surface area contributed by atoms with Crippen molar-refractivity contribution in [2.24, 2.45) is 0 Å². The van der Waals surface area contributed by atoms with E-state index < -0.39 is 0 Å². The van der Waals surface area contributed by atoms with Gasteiger partial charge in [-0.2, -0.15) is 0 Å². The van der Waals surface area contributed by atoms with Crippen molar-refractivity contribution in [1.82, 2.24) is 5.32 Å². The Kier molecular flexibility index (Phi) is 6.09. The quantitative estimate of drug-likeness (QED) is 0.773. The Morgan fingerprint density at radius 3 is 2.57 bits per heavy atom. The fourth-order valence-electron chi connectivity index (χ4n) is 2.10. The van der Waals surface area contributed by atoms with Crippen molar-refractivity contribution < 1.29 is 4.39 Å². The summed E-state index contributed by atoms with van der Waals surface area (Å²) in [7, 11) is 1.95. The second kappa shape index (κ2) is 7.83. The summed E-state index contributed by atoms with van der Waals surface area (Å²) >= 11 is 7.66. The van der Waals surface area contributed by atoms with Gasteiger partial charge >= 0.3 is 0 Å². The molecule has 0 radical (unpaired) electrons. The minimum absolute atomic E-state index is 0.171. The zero-order valence-electron chi connectivity index (χ0n) is 12.2. The van der Waals surface area contributed by atoms with Crippen molar-refractivity contribution in [3.8, 4) is 0 Å². The summed E-state index contributed by atoms with van der Waals surface area (Å²) in [4.78, 5) is 1.19. The van der Waals surface area contributed by atoms with E-state index >= 15 is 0 Å². The van der Waals surface area contributed by atoms with Crippen molar-refractivity contribution in [3.05, 3.63) is 64.4 Å². The number of aryl methyl sites for hydroxylation is 1. The van der Waals surface area contributed by atoms with Crippen LogP contribution in [0.25, 0.3) is 0 Å². The molecule has 2 rings (SSSR count). The zero-order valence-corrected chi connectivity index (χ0v) is 13.8. The van der Waals surface area contributed by atoms with Crippen LogP contribution in [0.4, 0.5) is 4.39 Å². The van der Waals surface area contributed by atoms with Crippen molar-refractivity contribution in [3.63, 3.8) is 0 Å². The molecule has 2 aromatic rings. The predicted molar refractivity (Wildman–Crippen MR) is 89.9 cm³/mol. The Balaban J connectivity index is 1.96. The average Bonchev–Trinajstić information content (AvgIpc) is 2.48. The lowest BCUT2D eigenvalue weighted by molar-refractivity contribution is 0.601. The summed E-state index contributed by atoms with van der Waals surface area (Å²) in [6.45, 7) is 2.02. The smallest absolute Gasteiger partial charge is 0.123 e. The van der Waals surface area contributed by atoms with Crippen molar-refractivity contribution in [2.45, 2.75) is 24.3 Å². The molecule has 0 saturated carbocycles. The molecule has 21 heavy (non-hydrogen) atoms. The molecule has 112 valence electrons. The Morgan fingerprint density at radius 2 is 1.90 bits per heavy atom. The molecule has 0 aliphatic rings. The van der Waals surface area contributed by atoms with Crippen LogP contribution in [0.2, 0.25) is 5.02 Å². The normalized spacial score (nSPS) is 12.4. The Bertz CT molecular complexity index is 586. The number of hydrogen-bond acceptors (Lipinski definition) is 2. The topological polar surface area (TPSA) is 12.0 Å². The lowest BCUT2D eigenvalue weighted by atomic mass is 10.0. The first-order chi connectivity index (χ1) is 10.1. The lowest BCUT2D eigenvalue weighted by Crippen LogP contribution is -2.30. The minimum atomic E-state index is -0.171. The van der Waals surface area contributed by atoms with Gasteiger partial charge in [0.1, 0.15) is 5.82 Å². The second-order valence-electron chi connectivity index (χ2n) is 5.03. The van der Waals surface area contributed by atoms with Gasteiger partial charge in [0.05, 0.1) is 0 Å². The fourth-order valence-corrected chi connectivity index (χ4v) is 3.23. The van der Waals surface area contributed by atoms with Gasteiger partial charge in [-0.15, -0.1) is 11.8 Å². The van der Waals surface area contributed by atoms with Crippen molar-refractivity contribution in [1.29, 1.82) is 0 Å². The van der Waals surface area contributed by atoms with Crippen LogP contribution in [0.1, 0.15) is 11.1 Å². The first-order valence-electron chi connectivity index (χ1n) is 6.89. The van der Waals surface area contributed by atoms with Gasteiger partial charge in [-0.3, -0.25) is 0 Å². The van der Waals surface area contributed by atoms with E-state index in [1.54, 1.807) is 17.8 Å². The van der Waals surface area contributed by atoms with Crippen molar-refractivity contribution in [2.75, 3.05) is 12.8 Å². The van der Waals surface area contributed by atoms with Crippen LogP contribution >= 0.6 is 23.4 Å². The standard InChI is InChI=1S/C17H19ClFNS/c1-12-3-6-15(19)9-13(12)10-16(20-2)11-21-17-7-4-14(18)5-8-17/h3-9,16,20H,10-11H2,1-2H3. The Labute approximate surface area is 134 Å². The molecule has 0 aliphatic carbocycles. The highest BCUT2D eigenvalue weighted by molar-refractivity contribution is 7.99. The summed E-state index contributed by atoms with van der Waals surface area (Å²) in [5.74, 6) is 0.754. The third-order valence-electron chi connectivity index (χ3n) is 3.45. The van der Waals surface area contributed by atoms with Crippen LogP contribution in [0, 0.1) is 12.7 Å². The van der Waals surface area contributed by atoms with E-state index in [0.717, 1.165) is 28.3 Å². The van der Waals surface area contributed by atoms with Gasteiger partial charge in [0.15, 0.2) is 0 Å². The van der Waals surface area contributed by atoms with Gasteiger partial charge in [0, 0.05) is 21.7 Å². The molecule has 0 aromatic heterocycles. The summed E-state index contributed by atoms with van der Waals surface area (Å²) in [6.07, 6.45) is 0.820. The number of likely N-dealkylation sites (N-methyl/N-ethyl adjacent to an activating group) is 1. The summed E-state index contributed by atoms with van der Waals surface area (Å²) in [5, 5.41) is 4.06.